The summed E-state index contributed by atoms with van der Waals surface area (Å²) in [6.07, 6.45) is 5.14. The summed E-state index contributed by atoms with van der Waals surface area (Å²) in [6.45, 7) is 5.62. The largest absolute Gasteiger partial charge is 0.444 e. The number of carbonyl (C=O) groups is 1. The van der Waals surface area contributed by atoms with Gasteiger partial charge in [-0.2, -0.15) is 0 Å². The second-order valence-electron chi connectivity index (χ2n) is 8.95. The van der Waals surface area contributed by atoms with Crippen LogP contribution in [0.4, 0.5) is 13.6 Å². The third kappa shape index (κ3) is 11.2. The number of alkyl carbamates (subject to hydrolysis) is 1. The average Bonchev–Trinajstić information content (AvgIpc) is 2.67. The molecule has 0 heterocycles. The molecule has 0 aromatic heterocycles. The minimum atomic E-state index is -0.459. The smallest absolute Gasteiger partial charge is 0.407 e. The number of nitrogens with one attached hydrogen (secondary N) is 1. The lowest BCUT2D eigenvalue weighted by Gasteiger charge is -2.30. The molecule has 0 saturated heterocycles. The summed E-state index contributed by atoms with van der Waals surface area (Å²) in [5.41, 5.74) is -0.459. The minimum absolute atomic E-state index is 0.181. The van der Waals surface area contributed by atoms with Crippen LogP contribution in [0, 0.1) is 17.6 Å². The fourth-order valence-electron chi connectivity index (χ4n) is 3.53. The Morgan fingerprint density at radius 1 is 1.12 bits per heavy atom. The highest BCUT2D eigenvalue weighted by molar-refractivity contribution is 7.99. The van der Waals surface area contributed by atoms with Crippen molar-refractivity contribution in [3.8, 4) is 0 Å². The molecule has 32 heavy (non-hydrogen) atoms. The van der Waals surface area contributed by atoms with Gasteiger partial charge in [0.05, 0.1) is 0 Å². The van der Waals surface area contributed by atoms with Crippen molar-refractivity contribution in [3.05, 3.63) is 60.2 Å². The Labute approximate surface area is 200 Å². The minimum Gasteiger partial charge on any atom is -0.444 e. The van der Waals surface area contributed by atoms with Crippen molar-refractivity contribution in [2.45, 2.75) is 74.3 Å². The SMILES string of the molecule is CC(C)(C)OC(=O)N[C@H]1CCC[C@@H](CCSc2cccc(F)c2)C1.Fc1cccc(S)c1. The zero-order chi connectivity index (χ0) is 23.6. The molecular weight excluding hydrogens is 448 g/mol. The van der Waals surface area contributed by atoms with Gasteiger partial charge in [-0.25, -0.2) is 13.6 Å². The summed E-state index contributed by atoms with van der Waals surface area (Å²) in [5, 5.41) is 3.00. The van der Waals surface area contributed by atoms with E-state index in [9.17, 15) is 13.6 Å². The molecule has 0 bridgehead atoms. The second-order valence-corrected chi connectivity index (χ2v) is 10.6. The van der Waals surface area contributed by atoms with E-state index in [1.165, 1.54) is 24.6 Å². The number of thiol groups is 1. The van der Waals surface area contributed by atoms with Crippen molar-refractivity contribution < 1.29 is 18.3 Å². The van der Waals surface area contributed by atoms with Crippen molar-refractivity contribution >= 4 is 30.5 Å². The summed E-state index contributed by atoms with van der Waals surface area (Å²) in [5.74, 6) is 1.17. The van der Waals surface area contributed by atoms with E-state index < -0.39 is 5.60 Å². The molecule has 2 aromatic carbocycles. The van der Waals surface area contributed by atoms with Gasteiger partial charge >= 0.3 is 6.09 Å². The van der Waals surface area contributed by atoms with Crippen LogP contribution in [0.2, 0.25) is 0 Å². The Balaban J connectivity index is 0.000000380. The van der Waals surface area contributed by atoms with E-state index >= 15 is 0 Å². The van der Waals surface area contributed by atoms with Crippen LogP contribution in [0.3, 0.4) is 0 Å². The van der Waals surface area contributed by atoms with Crippen molar-refractivity contribution in [3.63, 3.8) is 0 Å². The summed E-state index contributed by atoms with van der Waals surface area (Å²) in [4.78, 5) is 13.5. The first-order valence-corrected chi connectivity index (χ1v) is 12.4. The summed E-state index contributed by atoms with van der Waals surface area (Å²) < 4.78 is 30.6. The Bertz CT molecular complexity index is 841. The van der Waals surface area contributed by atoms with Gasteiger partial charge in [0.2, 0.25) is 0 Å². The van der Waals surface area contributed by atoms with Crippen LogP contribution in [-0.4, -0.2) is 23.5 Å². The lowest BCUT2D eigenvalue weighted by Crippen LogP contribution is -2.41. The van der Waals surface area contributed by atoms with Crippen LogP contribution < -0.4 is 5.32 Å². The maximum absolute atomic E-state index is 13.2. The van der Waals surface area contributed by atoms with E-state index in [4.69, 9.17) is 4.74 Å². The van der Waals surface area contributed by atoms with Crippen LogP contribution in [0.5, 0.6) is 0 Å². The van der Waals surface area contributed by atoms with Crippen LogP contribution in [0.25, 0.3) is 0 Å². The van der Waals surface area contributed by atoms with Gasteiger partial charge in [-0.1, -0.05) is 25.0 Å². The first-order valence-electron chi connectivity index (χ1n) is 10.9. The monoisotopic (exact) mass is 481 g/mol. The molecule has 1 N–H and O–H groups in total. The number of hydrogen-bond acceptors (Lipinski definition) is 4. The van der Waals surface area contributed by atoms with E-state index in [1.807, 2.05) is 26.8 Å². The number of ether oxygens (including phenoxy) is 1. The Morgan fingerprint density at radius 2 is 1.81 bits per heavy atom. The topological polar surface area (TPSA) is 38.3 Å². The quantitative estimate of drug-likeness (QED) is 0.343. The molecule has 3 rings (SSSR count). The average molecular weight is 482 g/mol. The maximum Gasteiger partial charge on any atom is 0.407 e. The number of benzene rings is 2. The molecule has 3 nitrogen and oxygen atoms in total. The molecule has 1 fully saturated rings. The molecule has 0 spiro atoms. The summed E-state index contributed by atoms with van der Waals surface area (Å²) in [6, 6.07) is 13.1. The van der Waals surface area contributed by atoms with Gasteiger partial charge in [0.25, 0.3) is 0 Å². The second kappa shape index (κ2) is 13.1. The van der Waals surface area contributed by atoms with E-state index in [1.54, 1.807) is 36.0 Å². The highest BCUT2D eigenvalue weighted by Gasteiger charge is 2.25. The molecule has 1 saturated carbocycles. The number of halogens is 2. The molecule has 2 aromatic rings. The van der Waals surface area contributed by atoms with Crippen LogP contribution in [0.15, 0.2) is 58.3 Å². The number of hydrogen-bond donors (Lipinski definition) is 2. The fraction of sp³-hybridized carbons (Fsp3) is 0.480. The third-order valence-electron chi connectivity index (χ3n) is 4.90. The van der Waals surface area contributed by atoms with E-state index in [-0.39, 0.29) is 23.8 Å². The summed E-state index contributed by atoms with van der Waals surface area (Å²) in [7, 11) is 0. The van der Waals surface area contributed by atoms with Crippen molar-refractivity contribution in [1.29, 1.82) is 0 Å². The number of carbonyl (C=O) groups excluding carboxylic acids is 1. The molecule has 0 unspecified atom stereocenters. The third-order valence-corrected chi connectivity index (χ3v) is 6.21. The maximum atomic E-state index is 13.2. The Hall–Kier alpha value is -1.73. The van der Waals surface area contributed by atoms with Gasteiger partial charge in [0.1, 0.15) is 17.2 Å². The van der Waals surface area contributed by atoms with Gasteiger partial charge in [0, 0.05) is 15.8 Å². The lowest BCUT2D eigenvalue weighted by molar-refractivity contribution is 0.0484. The van der Waals surface area contributed by atoms with E-state index in [0.29, 0.717) is 10.8 Å². The molecule has 1 aliphatic carbocycles. The number of rotatable bonds is 5. The predicted octanol–water partition coefficient (Wildman–Crippen LogP) is 7.51. The Morgan fingerprint density at radius 3 is 2.41 bits per heavy atom. The van der Waals surface area contributed by atoms with Crippen LogP contribution in [0.1, 0.15) is 52.9 Å². The van der Waals surface area contributed by atoms with Crippen LogP contribution in [-0.2, 0) is 4.74 Å². The molecule has 0 aliphatic heterocycles. The lowest BCUT2D eigenvalue weighted by atomic mass is 9.84. The normalized spacial score (nSPS) is 18.3. The molecular formula is C25H33F2NO2S2. The van der Waals surface area contributed by atoms with Crippen molar-refractivity contribution in [2.24, 2.45) is 5.92 Å². The van der Waals surface area contributed by atoms with Crippen molar-refractivity contribution in [2.75, 3.05) is 5.75 Å². The summed E-state index contributed by atoms with van der Waals surface area (Å²) >= 11 is 5.61. The standard InChI is InChI=1S/C19H28FNO2S.C6H5FS/c1-19(2,3)23-18(22)21-16-8-4-6-14(12-16)10-11-24-17-9-5-7-15(20)13-17;7-5-2-1-3-6(8)4-5/h5,7,9,13-14,16H,4,6,8,10-12H2,1-3H3,(H,21,22);1-4,8H/t14-,16-;/m0./s1. The van der Waals surface area contributed by atoms with E-state index in [2.05, 4.69) is 17.9 Å². The highest BCUT2D eigenvalue weighted by Crippen LogP contribution is 2.30. The fourth-order valence-corrected chi connectivity index (χ4v) is 4.80. The molecule has 7 heteroatoms. The van der Waals surface area contributed by atoms with Crippen LogP contribution >= 0.6 is 24.4 Å². The Kier molecular flexibility index (Phi) is 10.9. The van der Waals surface area contributed by atoms with Crippen molar-refractivity contribution in [1.82, 2.24) is 5.32 Å². The molecule has 1 amide bonds. The number of amides is 1. The first kappa shape index (κ1) is 26.5. The van der Waals surface area contributed by atoms with Gasteiger partial charge in [-0.3, -0.25) is 0 Å². The predicted molar refractivity (Wildman–Crippen MR) is 131 cm³/mol. The zero-order valence-corrected chi connectivity index (χ0v) is 20.7. The zero-order valence-electron chi connectivity index (χ0n) is 18.9. The molecule has 176 valence electrons. The molecule has 0 radical (unpaired) electrons. The van der Waals surface area contributed by atoms with Gasteiger partial charge in [0.15, 0.2) is 0 Å². The van der Waals surface area contributed by atoms with Gasteiger partial charge < -0.3 is 10.1 Å². The number of thioether (sulfide) groups is 1. The first-order chi connectivity index (χ1) is 15.1. The van der Waals surface area contributed by atoms with Gasteiger partial charge in [-0.05, 0) is 88.1 Å². The molecule has 1 aliphatic rings. The molecule has 2 atom stereocenters. The van der Waals surface area contributed by atoms with Gasteiger partial charge in [-0.15, -0.1) is 24.4 Å². The highest BCUT2D eigenvalue weighted by atomic mass is 32.2. The van der Waals surface area contributed by atoms with E-state index in [0.717, 1.165) is 36.3 Å².